The number of carbonyl (C=O) groups is 1. The largest absolute Gasteiger partial charge is 0.435 e. The Morgan fingerprint density at radius 2 is 1.39 bits per heavy atom. The average molecular weight is 347 g/mol. The molecule has 0 heterocycles. The van der Waals surface area contributed by atoms with Crippen LogP contribution >= 0.6 is 12.6 Å². The molecule has 138 valence electrons. The molecule has 0 saturated heterocycles. The van der Waals surface area contributed by atoms with E-state index in [1.165, 1.54) is 51.4 Å². The molecule has 23 heavy (non-hydrogen) atoms. The summed E-state index contributed by atoms with van der Waals surface area (Å²) < 4.78 is 11.0. The Bertz CT molecular complexity index is 271. The fourth-order valence-corrected chi connectivity index (χ4v) is 2.90. The number of hydrogen-bond donors (Lipinski definition) is 1. The van der Waals surface area contributed by atoms with Crippen LogP contribution in [0.2, 0.25) is 0 Å². The lowest BCUT2D eigenvalue weighted by atomic mass is 10.1. The number of carbonyl (C=O) groups excluding carboxylic acids is 1. The lowest BCUT2D eigenvalue weighted by molar-refractivity contribution is -0.178. The molecule has 0 aliphatic heterocycles. The van der Waals surface area contributed by atoms with Gasteiger partial charge >= 0.3 is 5.97 Å². The highest BCUT2D eigenvalue weighted by molar-refractivity contribution is 7.81. The van der Waals surface area contributed by atoms with Crippen LogP contribution in [0.1, 0.15) is 97.8 Å². The van der Waals surface area contributed by atoms with Crippen molar-refractivity contribution in [1.82, 2.24) is 0 Å². The normalized spacial score (nSPS) is 13.7. The Kier molecular flexibility index (Phi) is 16.5. The molecule has 0 aromatic heterocycles. The van der Waals surface area contributed by atoms with Crippen LogP contribution in [0.15, 0.2) is 0 Å². The van der Waals surface area contributed by atoms with E-state index >= 15 is 0 Å². The summed E-state index contributed by atoms with van der Waals surface area (Å²) in [6, 6.07) is 0. The summed E-state index contributed by atoms with van der Waals surface area (Å²) in [6.45, 7) is 6.79. The minimum atomic E-state index is -0.399. The van der Waals surface area contributed by atoms with E-state index in [-0.39, 0.29) is 11.2 Å². The molecule has 2 unspecified atom stereocenters. The Morgan fingerprint density at radius 3 is 1.91 bits per heavy atom. The van der Waals surface area contributed by atoms with Crippen molar-refractivity contribution in [2.24, 2.45) is 0 Å². The maximum absolute atomic E-state index is 11.9. The first-order valence-electron chi connectivity index (χ1n) is 9.65. The molecule has 0 spiro atoms. The molecule has 0 bridgehead atoms. The monoisotopic (exact) mass is 346 g/mol. The molecule has 3 nitrogen and oxygen atoms in total. The van der Waals surface area contributed by atoms with E-state index in [0.29, 0.717) is 6.61 Å². The molecule has 0 amide bonds. The van der Waals surface area contributed by atoms with Gasteiger partial charge in [-0.25, -0.2) is 0 Å². The van der Waals surface area contributed by atoms with Gasteiger partial charge in [0.2, 0.25) is 6.29 Å². The molecule has 0 rings (SSSR count). The second-order valence-corrected chi connectivity index (χ2v) is 6.87. The molecule has 4 heteroatoms. The topological polar surface area (TPSA) is 35.5 Å². The summed E-state index contributed by atoms with van der Waals surface area (Å²) in [5.41, 5.74) is 0. The van der Waals surface area contributed by atoms with Crippen molar-refractivity contribution in [3.05, 3.63) is 0 Å². The molecule has 0 saturated carbocycles. The summed E-state index contributed by atoms with van der Waals surface area (Å²) in [6.07, 6.45) is 13.7. The van der Waals surface area contributed by atoms with Crippen LogP contribution in [-0.4, -0.2) is 24.1 Å². The molecule has 0 aromatic carbocycles. The zero-order valence-corrected chi connectivity index (χ0v) is 16.4. The second kappa shape index (κ2) is 16.6. The first-order valence-corrected chi connectivity index (χ1v) is 10.2. The van der Waals surface area contributed by atoms with Crippen molar-refractivity contribution in [1.29, 1.82) is 0 Å². The minimum absolute atomic E-state index is 0.246. The summed E-state index contributed by atoms with van der Waals surface area (Å²) >= 11 is 4.29. The number of esters is 1. The van der Waals surface area contributed by atoms with Gasteiger partial charge in [0.1, 0.15) is 0 Å². The van der Waals surface area contributed by atoms with E-state index in [1.54, 1.807) is 0 Å². The molecule has 0 radical (unpaired) electrons. The predicted molar refractivity (Wildman–Crippen MR) is 101 cm³/mol. The van der Waals surface area contributed by atoms with Gasteiger partial charge in [-0.05, 0) is 19.8 Å². The van der Waals surface area contributed by atoms with Crippen LogP contribution < -0.4 is 0 Å². The van der Waals surface area contributed by atoms with Gasteiger partial charge in [-0.3, -0.25) is 4.79 Å². The van der Waals surface area contributed by atoms with E-state index in [0.717, 1.165) is 25.7 Å². The molecule has 0 aromatic rings. The molecule has 0 aliphatic carbocycles. The van der Waals surface area contributed by atoms with E-state index < -0.39 is 6.29 Å². The Labute approximate surface area is 149 Å². The quantitative estimate of drug-likeness (QED) is 0.163. The van der Waals surface area contributed by atoms with E-state index in [1.807, 2.05) is 13.8 Å². The SMILES string of the molecule is CCCCCCCCCCCC(OCC)OC(=O)C(S)CCC. The zero-order chi connectivity index (χ0) is 17.3. The fourth-order valence-electron chi connectivity index (χ4n) is 2.58. The van der Waals surface area contributed by atoms with Crippen LogP contribution in [0.5, 0.6) is 0 Å². The summed E-state index contributed by atoms with van der Waals surface area (Å²) in [7, 11) is 0. The molecular formula is C19H38O3S. The molecule has 0 fully saturated rings. The predicted octanol–water partition coefficient (Wildman–Crippen LogP) is 5.91. The van der Waals surface area contributed by atoms with Crippen LogP contribution in [0, 0.1) is 0 Å². The highest BCUT2D eigenvalue weighted by Crippen LogP contribution is 2.15. The molecular weight excluding hydrogens is 308 g/mol. The van der Waals surface area contributed by atoms with E-state index in [2.05, 4.69) is 19.6 Å². The minimum Gasteiger partial charge on any atom is -0.435 e. The Hall–Kier alpha value is -0.220. The highest BCUT2D eigenvalue weighted by Gasteiger charge is 2.19. The van der Waals surface area contributed by atoms with E-state index in [9.17, 15) is 4.79 Å². The number of rotatable bonds is 16. The fraction of sp³-hybridized carbons (Fsp3) is 0.947. The average Bonchev–Trinajstić information content (AvgIpc) is 2.53. The highest BCUT2D eigenvalue weighted by atomic mass is 32.1. The van der Waals surface area contributed by atoms with Crippen molar-refractivity contribution >= 4 is 18.6 Å². The van der Waals surface area contributed by atoms with E-state index in [4.69, 9.17) is 9.47 Å². The maximum atomic E-state index is 11.9. The van der Waals surface area contributed by atoms with Crippen molar-refractivity contribution in [3.63, 3.8) is 0 Å². The van der Waals surface area contributed by atoms with Crippen molar-refractivity contribution in [2.45, 2.75) is 109 Å². The maximum Gasteiger partial charge on any atom is 0.321 e. The standard InChI is InChI=1S/C19H38O3S/c1-4-7-8-9-10-11-12-13-14-16-18(21-6-3)22-19(20)17(23)15-5-2/h17-18,23H,4-16H2,1-3H3. The van der Waals surface area contributed by atoms with Gasteiger partial charge in [-0.2, -0.15) is 12.6 Å². The third-order valence-electron chi connectivity index (χ3n) is 3.98. The number of hydrogen-bond acceptors (Lipinski definition) is 4. The second-order valence-electron chi connectivity index (χ2n) is 6.24. The molecule has 2 atom stereocenters. The van der Waals surface area contributed by atoms with Gasteiger partial charge in [0.05, 0.1) is 5.25 Å². The number of ether oxygens (including phenoxy) is 2. The summed E-state index contributed by atoms with van der Waals surface area (Å²) in [4.78, 5) is 11.9. The van der Waals surface area contributed by atoms with Gasteiger partial charge in [0, 0.05) is 13.0 Å². The summed E-state index contributed by atoms with van der Waals surface area (Å²) in [5, 5.41) is -0.328. The van der Waals surface area contributed by atoms with Crippen molar-refractivity contribution in [2.75, 3.05) is 6.61 Å². The molecule has 0 N–H and O–H groups in total. The summed E-state index contributed by atoms with van der Waals surface area (Å²) in [5.74, 6) is -0.246. The first kappa shape index (κ1) is 22.8. The van der Waals surface area contributed by atoms with Crippen LogP contribution in [0.25, 0.3) is 0 Å². The lowest BCUT2D eigenvalue weighted by Gasteiger charge is -2.19. The van der Waals surface area contributed by atoms with Gasteiger partial charge in [0.25, 0.3) is 0 Å². The van der Waals surface area contributed by atoms with Crippen LogP contribution in [0.4, 0.5) is 0 Å². The Balaban J connectivity index is 3.73. The Morgan fingerprint density at radius 1 is 0.826 bits per heavy atom. The third kappa shape index (κ3) is 13.9. The number of unbranched alkanes of at least 4 members (excludes halogenated alkanes) is 8. The smallest absolute Gasteiger partial charge is 0.321 e. The third-order valence-corrected chi connectivity index (χ3v) is 4.45. The van der Waals surface area contributed by atoms with Crippen LogP contribution in [0.3, 0.4) is 0 Å². The van der Waals surface area contributed by atoms with Gasteiger partial charge < -0.3 is 9.47 Å². The molecule has 0 aliphatic rings. The number of thiol groups is 1. The first-order chi connectivity index (χ1) is 11.2. The van der Waals surface area contributed by atoms with Gasteiger partial charge in [0.15, 0.2) is 0 Å². The zero-order valence-electron chi connectivity index (χ0n) is 15.5. The van der Waals surface area contributed by atoms with Gasteiger partial charge in [-0.1, -0.05) is 71.6 Å². The lowest BCUT2D eigenvalue weighted by Crippen LogP contribution is -2.27. The van der Waals surface area contributed by atoms with Gasteiger partial charge in [-0.15, -0.1) is 0 Å². The van der Waals surface area contributed by atoms with Crippen molar-refractivity contribution < 1.29 is 14.3 Å². The van der Waals surface area contributed by atoms with Crippen molar-refractivity contribution in [3.8, 4) is 0 Å². The van der Waals surface area contributed by atoms with Crippen LogP contribution in [-0.2, 0) is 14.3 Å².